The van der Waals surface area contributed by atoms with Gasteiger partial charge in [-0.2, -0.15) is 0 Å². The first-order valence-electron chi connectivity index (χ1n) is 6.81. The molecule has 0 unspecified atom stereocenters. The van der Waals surface area contributed by atoms with Gasteiger partial charge in [0.25, 0.3) is 5.91 Å². The zero-order chi connectivity index (χ0) is 16.3. The summed E-state index contributed by atoms with van der Waals surface area (Å²) < 4.78 is 25.9. The van der Waals surface area contributed by atoms with E-state index in [0.29, 0.717) is 0 Å². The van der Waals surface area contributed by atoms with Crippen LogP contribution in [0, 0.1) is 0 Å². The first-order valence-corrected chi connectivity index (χ1v) is 8.67. The van der Waals surface area contributed by atoms with E-state index in [9.17, 15) is 13.2 Å². The molecule has 7 nitrogen and oxygen atoms in total. The van der Waals surface area contributed by atoms with Gasteiger partial charge in [0.2, 0.25) is 10.0 Å². The summed E-state index contributed by atoms with van der Waals surface area (Å²) in [6.07, 6.45) is 0. The van der Waals surface area contributed by atoms with Gasteiger partial charge in [0.1, 0.15) is 4.90 Å². The Hall–Kier alpha value is -1.19. The Balaban J connectivity index is 2.15. The maximum Gasteiger partial charge on any atom is 0.265 e. The third-order valence-corrected chi connectivity index (χ3v) is 5.41. The lowest BCUT2D eigenvalue weighted by atomic mass is 10.2. The van der Waals surface area contributed by atoms with Gasteiger partial charge in [-0.15, -0.1) is 0 Å². The molecule has 1 aliphatic heterocycles. The summed E-state index contributed by atoms with van der Waals surface area (Å²) in [4.78, 5) is 14.3. The molecule has 0 saturated carbocycles. The molecule has 0 aromatic heterocycles. The monoisotopic (exact) mass is 346 g/mol. The third-order valence-electron chi connectivity index (χ3n) is 3.51. The summed E-state index contributed by atoms with van der Waals surface area (Å²) >= 11 is 5.91. The number of likely N-dealkylation sites (N-methyl/N-ethyl adjacent to an activating group) is 1. The van der Waals surface area contributed by atoms with Gasteiger partial charge in [0, 0.05) is 31.7 Å². The highest BCUT2D eigenvalue weighted by atomic mass is 35.5. The lowest BCUT2D eigenvalue weighted by Gasteiger charge is -2.32. The molecule has 0 bridgehead atoms. The van der Waals surface area contributed by atoms with Crippen LogP contribution in [-0.4, -0.2) is 64.5 Å². The second-order valence-electron chi connectivity index (χ2n) is 5.08. The molecule has 1 saturated heterocycles. The predicted octanol–water partition coefficient (Wildman–Crippen LogP) is 0.140. The van der Waals surface area contributed by atoms with E-state index in [2.05, 4.69) is 15.0 Å². The summed E-state index contributed by atoms with van der Waals surface area (Å²) in [5.74, 6) is -0.353. The fourth-order valence-corrected chi connectivity index (χ4v) is 3.34. The number of nitrogens with one attached hydrogen (secondary N) is 2. The van der Waals surface area contributed by atoms with Crippen LogP contribution in [0.3, 0.4) is 0 Å². The van der Waals surface area contributed by atoms with Crippen LogP contribution in [-0.2, 0) is 10.0 Å². The summed E-state index contributed by atoms with van der Waals surface area (Å²) in [5.41, 5.74) is 3.03. The number of carbonyl (C=O) groups excluding carboxylic acids is 1. The van der Waals surface area contributed by atoms with Gasteiger partial charge >= 0.3 is 0 Å². The number of carbonyl (C=O) groups is 1. The van der Waals surface area contributed by atoms with Crippen LogP contribution in [0.2, 0.25) is 5.02 Å². The number of hydrazine groups is 1. The molecule has 0 atom stereocenters. The smallest absolute Gasteiger partial charge is 0.265 e. The molecular weight excluding hydrogens is 328 g/mol. The molecule has 2 N–H and O–H groups in total. The summed E-state index contributed by atoms with van der Waals surface area (Å²) in [6, 6.07) is 4.19. The van der Waals surface area contributed by atoms with Gasteiger partial charge in [-0.1, -0.05) is 11.6 Å². The van der Waals surface area contributed by atoms with E-state index in [4.69, 9.17) is 11.6 Å². The standard InChI is InChI=1S/C13H19ClN4O3S/c1-15-22(20,21)12-9-10(3-4-11(12)14)13(19)16-18-7-5-17(2)6-8-18/h3-4,9,15H,5-8H2,1-2H3,(H,16,19). The minimum absolute atomic E-state index is 0.0745. The van der Waals surface area contributed by atoms with Gasteiger partial charge in [-0.05, 0) is 32.3 Å². The Kier molecular flexibility index (Phi) is 5.41. The van der Waals surface area contributed by atoms with E-state index in [1.54, 1.807) is 0 Å². The van der Waals surface area contributed by atoms with Crippen molar-refractivity contribution >= 4 is 27.5 Å². The lowest BCUT2D eigenvalue weighted by Crippen LogP contribution is -2.52. The Morgan fingerprint density at radius 2 is 1.86 bits per heavy atom. The van der Waals surface area contributed by atoms with Gasteiger partial charge in [-0.25, -0.2) is 18.1 Å². The van der Waals surface area contributed by atoms with Crippen LogP contribution < -0.4 is 10.1 Å². The largest absolute Gasteiger partial charge is 0.304 e. The number of benzene rings is 1. The molecule has 2 rings (SSSR count). The van der Waals surface area contributed by atoms with Gasteiger partial charge < -0.3 is 4.90 Å². The predicted molar refractivity (Wildman–Crippen MR) is 84.2 cm³/mol. The number of hydrogen-bond acceptors (Lipinski definition) is 5. The fraction of sp³-hybridized carbons (Fsp3) is 0.462. The molecule has 1 aliphatic rings. The zero-order valence-electron chi connectivity index (χ0n) is 12.5. The molecule has 1 aromatic rings. The van der Waals surface area contributed by atoms with E-state index in [0.717, 1.165) is 26.2 Å². The Bertz CT molecular complexity index is 657. The number of piperazine rings is 1. The van der Waals surface area contributed by atoms with E-state index in [-0.39, 0.29) is 21.4 Å². The molecule has 0 radical (unpaired) electrons. The minimum Gasteiger partial charge on any atom is -0.304 e. The number of halogens is 1. The molecule has 9 heteroatoms. The van der Waals surface area contributed by atoms with E-state index >= 15 is 0 Å². The topological polar surface area (TPSA) is 81.7 Å². The lowest BCUT2D eigenvalue weighted by molar-refractivity contribution is 0.0662. The van der Waals surface area contributed by atoms with Crippen molar-refractivity contribution in [2.75, 3.05) is 40.3 Å². The fourth-order valence-electron chi connectivity index (χ4n) is 2.09. The van der Waals surface area contributed by atoms with Crippen molar-refractivity contribution in [3.8, 4) is 0 Å². The maximum absolute atomic E-state index is 12.2. The maximum atomic E-state index is 12.2. The minimum atomic E-state index is -3.71. The first kappa shape index (κ1) is 17.2. The van der Waals surface area contributed by atoms with Crippen LogP contribution >= 0.6 is 11.6 Å². The number of rotatable bonds is 4. The molecule has 22 heavy (non-hydrogen) atoms. The highest BCUT2D eigenvalue weighted by molar-refractivity contribution is 7.89. The highest BCUT2D eigenvalue weighted by Crippen LogP contribution is 2.22. The molecular formula is C13H19ClN4O3S. The van der Waals surface area contributed by atoms with Crippen molar-refractivity contribution in [1.82, 2.24) is 20.1 Å². The first-order chi connectivity index (χ1) is 10.3. The van der Waals surface area contributed by atoms with Gasteiger partial charge in [0.05, 0.1) is 5.02 Å². The number of amides is 1. The average molecular weight is 347 g/mol. The molecule has 1 heterocycles. The van der Waals surface area contributed by atoms with Crippen molar-refractivity contribution in [3.05, 3.63) is 28.8 Å². The summed E-state index contributed by atoms with van der Waals surface area (Å²) in [6.45, 7) is 3.16. The molecule has 1 aromatic carbocycles. The quantitative estimate of drug-likeness (QED) is 0.810. The van der Waals surface area contributed by atoms with Crippen molar-refractivity contribution in [2.45, 2.75) is 4.90 Å². The second kappa shape index (κ2) is 6.93. The van der Waals surface area contributed by atoms with Crippen LogP contribution in [0.25, 0.3) is 0 Å². The summed E-state index contributed by atoms with van der Waals surface area (Å²) in [7, 11) is -0.392. The Morgan fingerprint density at radius 3 is 2.45 bits per heavy atom. The molecule has 1 amide bonds. The van der Waals surface area contributed by atoms with Crippen molar-refractivity contribution < 1.29 is 13.2 Å². The number of hydrogen-bond donors (Lipinski definition) is 2. The molecule has 122 valence electrons. The Labute approximate surface area is 135 Å². The van der Waals surface area contributed by atoms with Crippen molar-refractivity contribution in [2.24, 2.45) is 0 Å². The average Bonchev–Trinajstić information content (AvgIpc) is 2.49. The van der Waals surface area contributed by atoms with Crippen LogP contribution in [0.15, 0.2) is 23.1 Å². The highest BCUT2D eigenvalue weighted by Gasteiger charge is 2.20. The van der Waals surface area contributed by atoms with Crippen LogP contribution in [0.4, 0.5) is 0 Å². The number of nitrogens with zero attached hydrogens (tertiary/aromatic N) is 2. The van der Waals surface area contributed by atoms with E-state index in [1.807, 2.05) is 12.1 Å². The zero-order valence-corrected chi connectivity index (χ0v) is 14.0. The third kappa shape index (κ3) is 3.96. The van der Waals surface area contributed by atoms with Gasteiger partial charge in [-0.3, -0.25) is 10.2 Å². The normalized spacial score (nSPS) is 17.4. The van der Waals surface area contributed by atoms with Crippen molar-refractivity contribution in [3.63, 3.8) is 0 Å². The molecule has 0 aliphatic carbocycles. The SMILES string of the molecule is CNS(=O)(=O)c1cc(C(=O)NN2CCN(C)CC2)ccc1Cl. The van der Waals surface area contributed by atoms with Crippen LogP contribution in [0.5, 0.6) is 0 Å². The summed E-state index contributed by atoms with van der Waals surface area (Å²) in [5, 5.41) is 1.90. The number of sulfonamides is 1. The molecule has 1 fully saturated rings. The van der Waals surface area contributed by atoms with Gasteiger partial charge in [0.15, 0.2) is 0 Å². The Morgan fingerprint density at radius 1 is 1.23 bits per heavy atom. The van der Waals surface area contributed by atoms with E-state index < -0.39 is 10.0 Å². The molecule has 0 spiro atoms. The van der Waals surface area contributed by atoms with E-state index in [1.165, 1.54) is 25.2 Å². The van der Waals surface area contributed by atoms with Crippen LogP contribution in [0.1, 0.15) is 10.4 Å². The van der Waals surface area contributed by atoms with Crippen molar-refractivity contribution in [1.29, 1.82) is 0 Å². The second-order valence-corrected chi connectivity index (χ2v) is 7.35.